The van der Waals surface area contributed by atoms with E-state index in [0.29, 0.717) is 17.9 Å². The van der Waals surface area contributed by atoms with E-state index in [-0.39, 0.29) is 0 Å². The highest BCUT2D eigenvalue weighted by atomic mass is 16.5. The molecule has 1 aliphatic rings. The molecular weight excluding hydrogens is 190 g/mol. The molecule has 0 aromatic carbocycles. The molecule has 3 unspecified atom stereocenters. The maximum Gasteiger partial charge on any atom is 0.0662 e. The Morgan fingerprint density at radius 3 is 3.00 bits per heavy atom. The average molecular weight is 215 g/mol. The van der Waals surface area contributed by atoms with E-state index in [1.165, 1.54) is 12.8 Å². The number of rotatable bonds is 6. The van der Waals surface area contributed by atoms with Crippen LogP contribution in [-0.4, -0.2) is 39.5 Å². The van der Waals surface area contributed by atoms with E-state index in [4.69, 9.17) is 9.47 Å². The van der Waals surface area contributed by atoms with Crippen LogP contribution in [0.25, 0.3) is 0 Å². The van der Waals surface area contributed by atoms with Crippen LogP contribution in [0.1, 0.15) is 26.7 Å². The van der Waals surface area contributed by atoms with Gasteiger partial charge in [0.05, 0.1) is 12.7 Å². The number of methoxy groups -OCH3 is 1. The Hall–Kier alpha value is -0.120. The summed E-state index contributed by atoms with van der Waals surface area (Å²) in [6, 6.07) is 0. The van der Waals surface area contributed by atoms with Gasteiger partial charge in [0, 0.05) is 26.2 Å². The van der Waals surface area contributed by atoms with Crippen LogP contribution in [0.5, 0.6) is 0 Å². The van der Waals surface area contributed by atoms with Crippen molar-refractivity contribution < 1.29 is 9.47 Å². The van der Waals surface area contributed by atoms with Crippen LogP contribution < -0.4 is 5.32 Å². The van der Waals surface area contributed by atoms with Crippen LogP contribution in [0.2, 0.25) is 0 Å². The topological polar surface area (TPSA) is 30.5 Å². The molecule has 1 aliphatic heterocycles. The summed E-state index contributed by atoms with van der Waals surface area (Å²) in [4.78, 5) is 0. The maximum atomic E-state index is 5.88. The fraction of sp³-hybridized carbons (Fsp3) is 1.00. The van der Waals surface area contributed by atoms with E-state index in [1.54, 1.807) is 7.11 Å². The summed E-state index contributed by atoms with van der Waals surface area (Å²) >= 11 is 0. The van der Waals surface area contributed by atoms with Gasteiger partial charge in [0.25, 0.3) is 0 Å². The van der Waals surface area contributed by atoms with Crippen LogP contribution in [0, 0.1) is 11.8 Å². The van der Waals surface area contributed by atoms with Crippen molar-refractivity contribution in [3.05, 3.63) is 0 Å². The Morgan fingerprint density at radius 1 is 1.53 bits per heavy atom. The van der Waals surface area contributed by atoms with Gasteiger partial charge in [-0.15, -0.1) is 0 Å². The molecule has 3 heteroatoms. The monoisotopic (exact) mass is 215 g/mol. The summed E-state index contributed by atoms with van der Waals surface area (Å²) in [6.07, 6.45) is 2.86. The Kier molecular flexibility index (Phi) is 6.22. The molecule has 0 amide bonds. The molecule has 3 atom stereocenters. The predicted octanol–water partition coefficient (Wildman–Crippen LogP) is 1.67. The lowest BCUT2D eigenvalue weighted by Gasteiger charge is -2.35. The lowest BCUT2D eigenvalue weighted by atomic mass is 9.87. The summed E-state index contributed by atoms with van der Waals surface area (Å²) in [6.45, 7) is 8.21. The van der Waals surface area contributed by atoms with Crippen LogP contribution >= 0.6 is 0 Å². The van der Waals surface area contributed by atoms with Gasteiger partial charge < -0.3 is 14.8 Å². The van der Waals surface area contributed by atoms with Crippen molar-refractivity contribution in [1.29, 1.82) is 0 Å². The fourth-order valence-corrected chi connectivity index (χ4v) is 2.40. The van der Waals surface area contributed by atoms with E-state index in [1.807, 2.05) is 0 Å². The molecule has 0 aromatic rings. The summed E-state index contributed by atoms with van der Waals surface area (Å²) in [5.74, 6) is 1.16. The third-order valence-electron chi connectivity index (χ3n) is 3.14. The van der Waals surface area contributed by atoms with E-state index in [9.17, 15) is 0 Å². The minimum absolute atomic E-state index is 0.373. The number of hydrogen-bond acceptors (Lipinski definition) is 3. The molecule has 0 bridgehead atoms. The van der Waals surface area contributed by atoms with Crippen molar-refractivity contribution >= 4 is 0 Å². The number of ether oxygens (including phenoxy) is 2. The zero-order valence-corrected chi connectivity index (χ0v) is 10.3. The van der Waals surface area contributed by atoms with Gasteiger partial charge in [-0.05, 0) is 25.3 Å². The van der Waals surface area contributed by atoms with E-state index < -0.39 is 0 Å². The molecule has 1 saturated heterocycles. The molecule has 0 radical (unpaired) electrons. The molecular formula is C12H25NO2. The second-order valence-corrected chi connectivity index (χ2v) is 4.48. The van der Waals surface area contributed by atoms with Gasteiger partial charge in [-0.2, -0.15) is 0 Å². The average Bonchev–Trinajstić information content (AvgIpc) is 2.27. The normalized spacial score (nSPS) is 29.0. The smallest absolute Gasteiger partial charge is 0.0662 e. The van der Waals surface area contributed by atoms with Gasteiger partial charge in [0.2, 0.25) is 0 Å². The lowest BCUT2D eigenvalue weighted by molar-refractivity contribution is -0.0704. The van der Waals surface area contributed by atoms with Crippen molar-refractivity contribution in [2.75, 3.05) is 33.4 Å². The minimum atomic E-state index is 0.373. The van der Waals surface area contributed by atoms with E-state index in [0.717, 1.165) is 26.3 Å². The van der Waals surface area contributed by atoms with Crippen LogP contribution in [0.15, 0.2) is 0 Å². The fourth-order valence-electron chi connectivity index (χ4n) is 2.40. The molecule has 0 spiro atoms. The molecule has 1 heterocycles. The van der Waals surface area contributed by atoms with Gasteiger partial charge in [-0.3, -0.25) is 0 Å². The van der Waals surface area contributed by atoms with Crippen molar-refractivity contribution in [3.8, 4) is 0 Å². The summed E-state index contributed by atoms with van der Waals surface area (Å²) in [5, 5.41) is 3.42. The molecule has 1 fully saturated rings. The van der Waals surface area contributed by atoms with Crippen molar-refractivity contribution in [3.63, 3.8) is 0 Å². The van der Waals surface area contributed by atoms with Gasteiger partial charge >= 0.3 is 0 Å². The predicted molar refractivity (Wildman–Crippen MR) is 62.0 cm³/mol. The Balaban J connectivity index is 2.41. The Labute approximate surface area is 93.5 Å². The van der Waals surface area contributed by atoms with Crippen LogP contribution in [-0.2, 0) is 9.47 Å². The highest BCUT2D eigenvalue weighted by Gasteiger charge is 2.29. The van der Waals surface area contributed by atoms with Gasteiger partial charge in [0.1, 0.15) is 0 Å². The molecule has 0 aromatic heterocycles. The van der Waals surface area contributed by atoms with Crippen molar-refractivity contribution in [1.82, 2.24) is 5.32 Å². The lowest BCUT2D eigenvalue weighted by Crippen LogP contribution is -2.41. The van der Waals surface area contributed by atoms with Crippen LogP contribution in [0.3, 0.4) is 0 Å². The third-order valence-corrected chi connectivity index (χ3v) is 3.14. The van der Waals surface area contributed by atoms with E-state index in [2.05, 4.69) is 19.2 Å². The summed E-state index contributed by atoms with van der Waals surface area (Å²) < 4.78 is 11.1. The molecule has 90 valence electrons. The van der Waals surface area contributed by atoms with Gasteiger partial charge in [0.15, 0.2) is 0 Å². The Morgan fingerprint density at radius 2 is 2.33 bits per heavy atom. The summed E-state index contributed by atoms with van der Waals surface area (Å²) in [7, 11) is 1.76. The molecule has 0 saturated carbocycles. The van der Waals surface area contributed by atoms with Gasteiger partial charge in [-0.1, -0.05) is 13.8 Å². The highest BCUT2D eigenvalue weighted by Crippen LogP contribution is 2.26. The zero-order valence-electron chi connectivity index (χ0n) is 10.3. The molecule has 0 aliphatic carbocycles. The SMILES string of the molecule is CCNCC1CCCOC1C(C)COC. The quantitative estimate of drug-likeness (QED) is 0.731. The van der Waals surface area contributed by atoms with Crippen molar-refractivity contribution in [2.24, 2.45) is 11.8 Å². The molecule has 1 N–H and O–H groups in total. The zero-order chi connectivity index (χ0) is 11.1. The minimum Gasteiger partial charge on any atom is -0.384 e. The third kappa shape index (κ3) is 4.09. The first kappa shape index (κ1) is 12.9. The largest absolute Gasteiger partial charge is 0.384 e. The number of hydrogen-bond donors (Lipinski definition) is 1. The van der Waals surface area contributed by atoms with Gasteiger partial charge in [-0.25, -0.2) is 0 Å². The first-order valence-electron chi connectivity index (χ1n) is 6.10. The van der Waals surface area contributed by atoms with Crippen molar-refractivity contribution in [2.45, 2.75) is 32.8 Å². The second-order valence-electron chi connectivity index (χ2n) is 4.48. The van der Waals surface area contributed by atoms with Crippen LogP contribution in [0.4, 0.5) is 0 Å². The highest BCUT2D eigenvalue weighted by molar-refractivity contribution is 4.80. The van der Waals surface area contributed by atoms with E-state index >= 15 is 0 Å². The second kappa shape index (κ2) is 7.20. The number of nitrogens with one attached hydrogen (secondary N) is 1. The molecule has 3 nitrogen and oxygen atoms in total. The maximum absolute atomic E-state index is 5.88. The molecule has 15 heavy (non-hydrogen) atoms. The first-order valence-corrected chi connectivity index (χ1v) is 6.10. The standard InChI is InChI=1S/C12H25NO2/c1-4-13-8-11-6-5-7-15-12(11)10(2)9-14-3/h10-13H,4-9H2,1-3H3. The first-order chi connectivity index (χ1) is 7.29. The molecule has 1 rings (SSSR count). The summed E-state index contributed by atoms with van der Waals surface area (Å²) in [5.41, 5.74) is 0. The Bertz CT molecular complexity index is 164.